The van der Waals surface area contributed by atoms with Gasteiger partial charge < -0.3 is 21.7 Å². The van der Waals surface area contributed by atoms with Crippen LogP contribution in [-0.2, 0) is 4.79 Å². The van der Waals surface area contributed by atoms with E-state index in [0.717, 1.165) is 5.56 Å². The van der Waals surface area contributed by atoms with Crippen LogP contribution in [0.5, 0.6) is 0 Å². The molecule has 0 spiro atoms. The number of carbonyl (C=O) groups excluding carboxylic acids is 3. The maximum absolute atomic E-state index is 13.4. The first-order valence-corrected chi connectivity index (χ1v) is 9.84. The lowest BCUT2D eigenvalue weighted by atomic mass is 10.2. The summed E-state index contributed by atoms with van der Waals surface area (Å²) in [6, 6.07) is 11.5. The Morgan fingerprint density at radius 3 is 2.19 bits per heavy atom. The van der Waals surface area contributed by atoms with E-state index in [1.165, 1.54) is 34.1 Å². The number of nitrogens with one attached hydrogen (secondary N) is 3. The molecule has 31 heavy (non-hydrogen) atoms. The Morgan fingerprint density at radius 1 is 1.00 bits per heavy atom. The van der Waals surface area contributed by atoms with Gasteiger partial charge in [0.1, 0.15) is 5.82 Å². The molecular weight excluding hydrogens is 403 g/mol. The molecule has 1 aliphatic rings. The highest BCUT2D eigenvalue weighted by atomic mass is 19.1. The second kappa shape index (κ2) is 9.90. The van der Waals surface area contributed by atoms with Gasteiger partial charge in [-0.2, -0.15) is 0 Å². The summed E-state index contributed by atoms with van der Waals surface area (Å²) in [4.78, 5) is 40.9. The molecule has 0 radical (unpaired) electrons. The molecule has 1 saturated heterocycles. The normalized spacial score (nSPS) is 15.5. The number of anilines is 2. The third-order valence-electron chi connectivity index (χ3n) is 4.75. The van der Waals surface area contributed by atoms with Crippen LogP contribution in [0.15, 0.2) is 48.5 Å². The van der Waals surface area contributed by atoms with Crippen molar-refractivity contribution < 1.29 is 18.8 Å². The quantitative estimate of drug-likeness (QED) is 0.582. The van der Waals surface area contributed by atoms with Gasteiger partial charge in [0.05, 0.1) is 0 Å². The topological polar surface area (TPSA) is 120 Å². The molecule has 3 rings (SSSR count). The average Bonchev–Trinajstić information content (AvgIpc) is 3.19. The van der Waals surface area contributed by atoms with Crippen molar-refractivity contribution >= 4 is 29.3 Å². The summed E-state index contributed by atoms with van der Waals surface area (Å²) in [7, 11) is 0. The van der Waals surface area contributed by atoms with Crippen LogP contribution in [0, 0.1) is 12.7 Å². The van der Waals surface area contributed by atoms with Crippen LogP contribution in [0.25, 0.3) is 0 Å². The highest BCUT2D eigenvalue weighted by Crippen LogP contribution is 2.20. The number of rotatable bonds is 5. The van der Waals surface area contributed by atoms with Crippen LogP contribution in [0.3, 0.4) is 0 Å². The van der Waals surface area contributed by atoms with Crippen molar-refractivity contribution in [1.82, 2.24) is 15.1 Å². The van der Waals surface area contributed by atoms with E-state index in [0.29, 0.717) is 5.69 Å². The number of nitrogens with zero attached hydrogens (tertiary/aromatic N) is 2. The van der Waals surface area contributed by atoms with Gasteiger partial charge in [-0.3, -0.25) is 14.6 Å². The molecule has 1 aliphatic heterocycles. The van der Waals surface area contributed by atoms with Crippen molar-refractivity contribution in [2.75, 3.05) is 36.8 Å². The number of hydrogen-bond acceptors (Lipinski definition) is 4. The van der Waals surface area contributed by atoms with Crippen molar-refractivity contribution in [3.63, 3.8) is 0 Å². The Labute approximate surface area is 179 Å². The molecular formula is C21H25FN6O3. The average molecular weight is 428 g/mol. The van der Waals surface area contributed by atoms with Gasteiger partial charge in [-0.25, -0.2) is 14.0 Å². The van der Waals surface area contributed by atoms with Gasteiger partial charge in [-0.05, 0) is 37.3 Å². The van der Waals surface area contributed by atoms with Crippen molar-refractivity contribution in [2.45, 2.75) is 13.1 Å². The molecule has 10 heteroatoms. The SMILES string of the molecule is Cc1ccc(NC(=O)N2CCN(C(=O)Nc3cccc(F)c3)C2C(=O)NCCN)cc1. The number of benzene rings is 2. The zero-order valence-electron chi connectivity index (χ0n) is 17.1. The molecule has 9 nitrogen and oxygen atoms in total. The maximum atomic E-state index is 13.4. The fourth-order valence-electron chi connectivity index (χ4n) is 3.22. The van der Waals surface area contributed by atoms with Crippen LogP contribution in [0.1, 0.15) is 5.56 Å². The zero-order valence-corrected chi connectivity index (χ0v) is 17.1. The van der Waals surface area contributed by atoms with Crippen molar-refractivity contribution in [2.24, 2.45) is 5.73 Å². The fraction of sp³-hybridized carbons (Fsp3) is 0.286. The molecule has 0 saturated carbocycles. The molecule has 0 aromatic heterocycles. The molecule has 1 unspecified atom stereocenters. The molecule has 1 fully saturated rings. The smallest absolute Gasteiger partial charge is 0.323 e. The second-order valence-electron chi connectivity index (χ2n) is 7.08. The highest BCUT2D eigenvalue weighted by Gasteiger charge is 2.42. The van der Waals surface area contributed by atoms with Gasteiger partial charge in [0.25, 0.3) is 5.91 Å². The van der Waals surface area contributed by atoms with Gasteiger partial charge in [-0.15, -0.1) is 0 Å². The monoisotopic (exact) mass is 428 g/mol. The van der Waals surface area contributed by atoms with Crippen LogP contribution in [-0.4, -0.2) is 60.1 Å². The van der Waals surface area contributed by atoms with E-state index in [1.807, 2.05) is 19.1 Å². The number of carbonyl (C=O) groups is 3. The molecule has 1 heterocycles. The van der Waals surface area contributed by atoms with Gasteiger partial charge in [0.15, 0.2) is 6.17 Å². The summed E-state index contributed by atoms with van der Waals surface area (Å²) < 4.78 is 13.4. The highest BCUT2D eigenvalue weighted by molar-refractivity contribution is 5.98. The standard InChI is InChI=1S/C21H25FN6O3/c1-14-5-7-16(8-6-14)25-20(30)27-11-12-28(19(27)18(29)24-10-9-23)21(31)26-17-4-2-3-15(22)13-17/h2-8,13,19H,9-12,23H2,1H3,(H,24,29)(H,25,30)(H,26,31). The molecule has 0 bridgehead atoms. The van der Waals surface area contributed by atoms with Crippen LogP contribution >= 0.6 is 0 Å². The molecule has 2 aromatic rings. The molecule has 0 aliphatic carbocycles. The lowest BCUT2D eigenvalue weighted by molar-refractivity contribution is -0.127. The van der Waals surface area contributed by atoms with Crippen molar-refractivity contribution in [3.05, 3.63) is 59.9 Å². The molecule has 5 N–H and O–H groups in total. The van der Waals surface area contributed by atoms with E-state index in [4.69, 9.17) is 5.73 Å². The van der Waals surface area contributed by atoms with Gasteiger partial charge in [0.2, 0.25) is 0 Å². The molecule has 2 aromatic carbocycles. The van der Waals surface area contributed by atoms with E-state index in [9.17, 15) is 18.8 Å². The number of amides is 5. The van der Waals surface area contributed by atoms with Crippen LogP contribution < -0.4 is 21.7 Å². The summed E-state index contributed by atoms with van der Waals surface area (Å²) in [6.07, 6.45) is -1.18. The maximum Gasteiger partial charge on any atom is 0.323 e. The summed E-state index contributed by atoms with van der Waals surface area (Å²) >= 11 is 0. The number of urea groups is 2. The lowest BCUT2D eigenvalue weighted by Crippen LogP contribution is -2.55. The lowest BCUT2D eigenvalue weighted by Gasteiger charge is -2.29. The largest absolute Gasteiger partial charge is 0.351 e. The summed E-state index contributed by atoms with van der Waals surface area (Å²) in [5.74, 6) is -1.04. The number of aryl methyl sites for hydroxylation is 1. The minimum Gasteiger partial charge on any atom is -0.351 e. The Balaban J connectivity index is 1.77. The van der Waals surface area contributed by atoms with E-state index in [1.54, 1.807) is 12.1 Å². The van der Waals surface area contributed by atoms with Crippen molar-refractivity contribution in [3.8, 4) is 0 Å². The zero-order chi connectivity index (χ0) is 22.4. The first-order valence-electron chi connectivity index (χ1n) is 9.84. The van der Waals surface area contributed by atoms with Gasteiger partial charge in [-0.1, -0.05) is 23.8 Å². The Bertz CT molecular complexity index is 952. The van der Waals surface area contributed by atoms with E-state index >= 15 is 0 Å². The predicted molar refractivity (Wildman–Crippen MR) is 115 cm³/mol. The minimum absolute atomic E-state index is 0.128. The number of hydrogen-bond donors (Lipinski definition) is 4. The Morgan fingerprint density at radius 2 is 1.61 bits per heavy atom. The van der Waals surface area contributed by atoms with E-state index in [-0.39, 0.29) is 31.9 Å². The van der Waals surface area contributed by atoms with Crippen molar-refractivity contribution in [1.29, 1.82) is 0 Å². The van der Waals surface area contributed by atoms with E-state index < -0.39 is 30.0 Å². The number of nitrogens with two attached hydrogens (primary N) is 1. The fourth-order valence-corrected chi connectivity index (χ4v) is 3.22. The number of halogens is 1. The Hall–Kier alpha value is -3.66. The molecule has 164 valence electrons. The molecule has 5 amide bonds. The first-order chi connectivity index (χ1) is 14.9. The predicted octanol–water partition coefficient (Wildman–Crippen LogP) is 1.92. The third kappa shape index (κ3) is 5.48. The van der Waals surface area contributed by atoms with Crippen LogP contribution in [0.4, 0.5) is 25.4 Å². The van der Waals surface area contributed by atoms with E-state index in [2.05, 4.69) is 16.0 Å². The van der Waals surface area contributed by atoms with Crippen LogP contribution in [0.2, 0.25) is 0 Å². The summed E-state index contributed by atoms with van der Waals surface area (Å²) in [6.45, 7) is 2.61. The second-order valence-corrected chi connectivity index (χ2v) is 7.08. The Kier molecular flexibility index (Phi) is 7.03. The van der Waals surface area contributed by atoms with Gasteiger partial charge in [0, 0.05) is 37.6 Å². The first kappa shape index (κ1) is 22.0. The third-order valence-corrected chi connectivity index (χ3v) is 4.75. The summed E-state index contributed by atoms with van der Waals surface area (Å²) in [5, 5.41) is 7.93. The van der Waals surface area contributed by atoms with Gasteiger partial charge >= 0.3 is 12.1 Å². The summed E-state index contributed by atoms with van der Waals surface area (Å²) in [5.41, 5.74) is 7.31. The minimum atomic E-state index is -1.18. The molecule has 1 atom stereocenters.